The molecule has 0 aliphatic rings. The van der Waals surface area contributed by atoms with Crippen molar-refractivity contribution in [2.75, 3.05) is 26.5 Å². The summed E-state index contributed by atoms with van der Waals surface area (Å²) >= 11 is 0. The predicted molar refractivity (Wildman–Crippen MR) is 89.0 cm³/mol. The molecule has 0 aliphatic carbocycles. The molecule has 24 heavy (non-hydrogen) atoms. The van der Waals surface area contributed by atoms with Crippen molar-refractivity contribution in [1.82, 2.24) is 4.48 Å². The highest BCUT2D eigenvalue weighted by molar-refractivity contribution is 5.72. The molecule has 0 saturated carbocycles. The van der Waals surface area contributed by atoms with Crippen LogP contribution < -0.4 is 33.8 Å². The molecular weight excluding hydrogens is 427 g/mol. The minimum absolute atomic E-state index is 0. The second-order valence-electron chi connectivity index (χ2n) is 5.90. The summed E-state index contributed by atoms with van der Waals surface area (Å²) in [6, 6.07) is 11.0. The number of nitrogens with zero attached hydrogens (tertiary/aromatic N) is 3. The first-order chi connectivity index (χ1) is 10.7. The Kier molecular flexibility index (Phi) is 6.21. The minimum Gasteiger partial charge on any atom is -1.00 e. The van der Waals surface area contributed by atoms with Crippen LogP contribution in [0.3, 0.4) is 0 Å². The van der Waals surface area contributed by atoms with Gasteiger partial charge in [-0.2, -0.15) is 0 Å². The normalized spacial score (nSPS) is 10.6. The highest BCUT2D eigenvalue weighted by atomic mass is 127. The van der Waals surface area contributed by atoms with Gasteiger partial charge < -0.3 is 29.3 Å². The highest BCUT2D eigenvalue weighted by Gasteiger charge is 2.19. The molecule has 9 heteroatoms. The molecule has 0 heterocycles. The van der Waals surface area contributed by atoms with Gasteiger partial charge in [0.05, 0.1) is 37.1 Å². The molecule has 0 saturated heterocycles. The lowest BCUT2D eigenvalue weighted by Gasteiger charge is -2.23. The summed E-state index contributed by atoms with van der Waals surface area (Å²) in [4.78, 5) is 20.5. The van der Waals surface area contributed by atoms with Crippen molar-refractivity contribution in [2.45, 2.75) is 0 Å². The van der Waals surface area contributed by atoms with E-state index in [4.69, 9.17) is 0 Å². The van der Waals surface area contributed by atoms with Crippen LogP contribution in [0, 0.1) is 20.2 Å². The molecule has 0 bridgehead atoms. The van der Waals surface area contributed by atoms with Crippen molar-refractivity contribution in [3.63, 3.8) is 0 Å². The maximum Gasteiger partial charge on any atom is 0.299 e. The smallest absolute Gasteiger partial charge is 0.299 e. The van der Waals surface area contributed by atoms with E-state index in [9.17, 15) is 20.2 Å². The summed E-state index contributed by atoms with van der Waals surface area (Å²) in [5.74, 6) is 0. The fraction of sp³-hybridized carbons (Fsp3) is 0.200. The van der Waals surface area contributed by atoms with E-state index in [1.807, 2.05) is 45.4 Å². The summed E-state index contributed by atoms with van der Waals surface area (Å²) in [7, 11) is 6.09. The van der Waals surface area contributed by atoms with Crippen molar-refractivity contribution in [3.8, 4) is 0 Å². The van der Waals surface area contributed by atoms with Gasteiger partial charge in [-0.3, -0.25) is 24.7 Å². The standard InChI is InChI=1S/C15H17N4O4.HI/c1-19(2,3)13-7-4-11(5-8-13)16-14-9-6-12(17(20)21)10-15(14)18(22)23;/h4-10,16H,1-3H3;1H/q+1;/p-1. The van der Waals surface area contributed by atoms with Crippen LogP contribution in [0.5, 0.6) is 0 Å². The number of rotatable bonds is 5. The van der Waals surface area contributed by atoms with Gasteiger partial charge in [-0.25, -0.2) is 0 Å². The zero-order valence-electron chi connectivity index (χ0n) is 13.4. The summed E-state index contributed by atoms with van der Waals surface area (Å²) in [5.41, 5.74) is 1.30. The summed E-state index contributed by atoms with van der Waals surface area (Å²) < 4.78 is 0.651. The van der Waals surface area contributed by atoms with Gasteiger partial charge in [0.1, 0.15) is 11.4 Å². The molecule has 128 valence electrons. The third-order valence-corrected chi connectivity index (χ3v) is 3.31. The zero-order chi connectivity index (χ0) is 17.2. The topological polar surface area (TPSA) is 98.3 Å². The molecule has 2 aromatic carbocycles. The van der Waals surface area contributed by atoms with Crippen LogP contribution >= 0.6 is 0 Å². The average Bonchev–Trinajstić information content (AvgIpc) is 2.46. The number of hydrogen-bond acceptors (Lipinski definition) is 5. The van der Waals surface area contributed by atoms with Crippen LogP contribution in [-0.2, 0) is 0 Å². The number of hydrogen-bond donors (Lipinski definition) is 1. The molecule has 0 spiro atoms. The Morgan fingerprint density at radius 3 is 1.96 bits per heavy atom. The van der Waals surface area contributed by atoms with Crippen molar-refractivity contribution in [1.29, 1.82) is 0 Å². The zero-order valence-corrected chi connectivity index (χ0v) is 15.6. The Labute approximate surface area is 156 Å². The molecule has 2 rings (SSSR count). The molecule has 0 aliphatic heterocycles. The molecule has 0 atom stereocenters. The van der Waals surface area contributed by atoms with Gasteiger partial charge in [0.2, 0.25) is 0 Å². The van der Waals surface area contributed by atoms with Crippen LogP contribution in [0.15, 0.2) is 42.5 Å². The molecule has 0 fully saturated rings. The van der Waals surface area contributed by atoms with Crippen molar-refractivity contribution >= 4 is 28.4 Å². The predicted octanol–water partition coefficient (Wildman–Crippen LogP) is 0.447. The summed E-state index contributed by atoms with van der Waals surface area (Å²) in [6.45, 7) is 0. The summed E-state index contributed by atoms with van der Waals surface area (Å²) in [6.07, 6.45) is 0. The average molecular weight is 444 g/mol. The first-order valence-electron chi connectivity index (χ1n) is 6.80. The van der Waals surface area contributed by atoms with Gasteiger partial charge in [-0.1, -0.05) is 0 Å². The first-order valence-corrected chi connectivity index (χ1v) is 6.80. The van der Waals surface area contributed by atoms with Crippen molar-refractivity contribution < 1.29 is 33.8 Å². The quantitative estimate of drug-likeness (QED) is 0.313. The lowest BCUT2D eigenvalue weighted by Crippen LogP contribution is -3.00. The number of benzene rings is 2. The number of nitro benzene ring substituents is 2. The number of nitrogens with one attached hydrogen (secondary N) is 1. The molecular formula is C15H17IN4O4. The highest BCUT2D eigenvalue weighted by Crippen LogP contribution is 2.32. The Hall–Kier alpha value is -2.27. The molecule has 0 amide bonds. The maximum atomic E-state index is 11.1. The fourth-order valence-electron chi connectivity index (χ4n) is 2.04. The Morgan fingerprint density at radius 2 is 1.50 bits per heavy atom. The molecule has 1 N–H and O–H groups in total. The molecule has 8 nitrogen and oxygen atoms in total. The van der Waals surface area contributed by atoms with Crippen LogP contribution in [-0.4, -0.2) is 31.0 Å². The monoisotopic (exact) mass is 444 g/mol. The lowest BCUT2D eigenvalue weighted by atomic mass is 10.2. The number of non-ortho nitro benzene ring substituents is 1. The SMILES string of the molecule is C[N+](C)(C)c1ccc(Nc2ccc([N+](=O)[O-])cc2[N+](=O)[O-])cc1.[I-]. The number of nitro groups is 2. The van der Waals surface area contributed by atoms with Gasteiger partial charge >= 0.3 is 0 Å². The second kappa shape index (κ2) is 7.53. The van der Waals surface area contributed by atoms with E-state index in [1.54, 1.807) is 0 Å². The van der Waals surface area contributed by atoms with Gasteiger partial charge in [0, 0.05) is 23.9 Å². The van der Waals surface area contributed by atoms with Gasteiger partial charge in [-0.05, 0) is 18.2 Å². The lowest BCUT2D eigenvalue weighted by molar-refractivity contribution is -0.393. The van der Waals surface area contributed by atoms with E-state index in [0.29, 0.717) is 10.2 Å². The van der Waals surface area contributed by atoms with Gasteiger partial charge in [0.25, 0.3) is 11.4 Å². The number of anilines is 2. The second-order valence-corrected chi connectivity index (χ2v) is 5.90. The van der Waals surface area contributed by atoms with Crippen molar-refractivity contribution in [2.24, 2.45) is 0 Å². The maximum absolute atomic E-state index is 11.1. The Balaban J connectivity index is 0.00000288. The van der Waals surface area contributed by atoms with E-state index in [2.05, 4.69) is 5.32 Å². The minimum atomic E-state index is -0.660. The number of quaternary nitrogens is 1. The van der Waals surface area contributed by atoms with E-state index in [1.165, 1.54) is 12.1 Å². The Morgan fingerprint density at radius 1 is 0.917 bits per heavy atom. The van der Waals surface area contributed by atoms with E-state index >= 15 is 0 Å². The first kappa shape index (κ1) is 19.8. The third kappa shape index (κ3) is 4.61. The summed E-state index contributed by atoms with van der Waals surface area (Å²) in [5, 5.41) is 24.8. The number of halogens is 1. The van der Waals surface area contributed by atoms with E-state index in [-0.39, 0.29) is 41.0 Å². The van der Waals surface area contributed by atoms with E-state index in [0.717, 1.165) is 11.8 Å². The van der Waals surface area contributed by atoms with Crippen LogP contribution in [0.25, 0.3) is 0 Å². The largest absolute Gasteiger partial charge is 1.00 e. The van der Waals surface area contributed by atoms with Crippen LogP contribution in [0.1, 0.15) is 0 Å². The van der Waals surface area contributed by atoms with Crippen LogP contribution in [0.4, 0.5) is 28.4 Å². The van der Waals surface area contributed by atoms with Crippen LogP contribution in [0.2, 0.25) is 0 Å². The molecule has 0 unspecified atom stereocenters. The van der Waals surface area contributed by atoms with Gasteiger partial charge in [0.15, 0.2) is 0 Å². The van der Waals surface area contributed by atoms with E-state index < -0.39 is 9.85 Å². The Bertz CT molecular complexity index is 757. The molecule has 0 aromatic heterocycles. The molecule has 0 radical (unpaired) electrons. The fourth-order valence-corrected chi connectivity index (χ4v) is 2.04. The van der Waals surface area contributed by atoms with Crippen molar-refractivity contribution in [3.05, 3.63) is 62.7 Å². The van der Waals surface area contributed by atoms with Gasteiger partial charge in [-0.15, -0.1) is 0 Å². The third-order valence-electron chi connectivity index (χ3n) is 3.31. The molecule has 2 aromatic rings.